The van der Waals surface area contributed by atoms with Crippen LogP contribution in [0.1, 0.15) is 44.4 Å². The van der Waals surface area contributed by atoms with Crippen LogP contribution >= 0.6 is 0 Å². The van der Waals surface area contributed by atoms with Crippen LogP contribution in [-0.2, 0) is 6.42 Å². The molecule has 1 rings (SSSR count). The molecule has 0 bridgehead atoms. The lowest BCUT2D eigenvalue weighted by atomic mass is 9.90. The SMILES string of the molecule is CCCc1ccc(C(N)C(C)(C)N)cc1. The molecule has 0 aromatic heterocycles. The minimum atomic E-state index is -0.369. The highest BCUT2D eigenvalue weighted by molar-refractivity contribution is 5.26. The predicted molar refractivity (Wildman–Crippen MR) is 65.6 cm³/mol. The van der Waals surface area contributed by atoms with Gasteiger partial charge in [0.15, 0.2) is 0 Å². The van der Waals surface area contributed by atoms with Crippen LogP contribution < -0.4 is 11.5 Å². The van der Waals surface area contributed by atoms with Crippen LogP contribution in [0.2, 0.25) is 0 Å². The molecule has 1 atom stereocenters. The van der Waals surface area contributed by atoms with E-state index >= 15 is 0 Å². The van der Waals surface area contributed by atoms with Gasteiger partial charge in [0.1, 0.15) is 0 Å². The molecule has 2 heteroatoms. The van der Waals surface area contributed by atoms with Crippen LogP contribution in [0.5, 0.6) is 0 Å². The third-order valence-electron chi connectivity index (χ3n) is 2.68. The first-order valence-electron chi connectivity index (χ1n) is 5.58. The van der Waals surface area contributed by atoms with Gasteiger partial charge in [-0.15, -0.1) is 0 Å². The summed E-state index contributed by atoms with van der Waals surface area (Å²) in [4.78, 5) is 0. The van der Waals surface area contributed by atoms with Crippen molar-refractivity contribution in [3.8, 4) is 0 Å². The Labute approximate surface area is 92.7 Å². The highest BCUT2D eigenvalue weighted by Crippen LogP contribution is 2.21. The van der Waals surface area contributed by atoms with Gasteiger partial charge in [-0.25, -0.2) is 0 Å². The summed E-state index contributed by atoms with van der Waals surface area (Å²) in [6.45, 7) is 6.10. The number of aryl methyl sites for hydroxylation is 1. The monoisotopic (exact) mass is 206 g/mol. The minimum Gasteiger partial charge on any atom is -0.324 e. The summed E-state index contributed by atoms with van der Waals surface area (Å²) < 4.78 is 0. The third kappa shape index (κ3) is 3.33. The third-order valence-corrected chi connectivity index (χ3v) is 2.68. The molecule has 84 valence electrons. The molecule has 15 heavy (non-hydrogen) atoms. The van der Waals surface area contributed by atoms with Crippen molar-refractivity contribution in [3.63, 3.8) is 0 Å². The van der Waals surface area contributed by atoms with E-state index in [0.717, 1.165) is 12.0 Å². The zero-order valence-electron chi connectivity index (χ0n) is 9.96. The lowest BCUT2D eigenvalue weighted by molar-refractivity contribution is 0.420. The summed E-state index contributed by atoms with van der Waals surface area (Å²) in [5, 5.41) is 0. The van der Waals surface area contributed by atoms with Gasteiger partial charge in [0.25, 0.3) is 0 Å². The van der Waals surface area contributed by atoms with Crippen molar-refractivity contribution < 1.29 is 0 Å². The number of rotatable bonds is 4. The Hall–Kier alpha value is -0.860. The number of benzene rings is 1. The van der Waals surface area contributed by atoms with E-state index in [4.69, 9.17) is 11.5 Å². The van der Waals surface area contributed by atoms with Crippen molar-refractivity contribution in [1.29, 1.82) is 0 Å². The number of hydrogen-bond acceptors (Lipinski definition) is 2. The van der Waals surface area contributed by atoms with Gasteiger partial charge in [-0.1, -0.05) is 37.6 Å². The molecule has 1 aromatic carbocycles. The van der Waals surface area contributed by atoms with Gasteiger partial charge >= 0.3 is 0 Å². The Morgan fingerprint density at radius 1 is 1.20 bits per heavy atom. The summed E-state index contributed by atoms with van der Waals surface area (Å²) in [6.07, 6.45) is 2.30. The Morgan fingerprint density at radius 2 is 1.73 bits per heavy atom. The number of hydrogen-bond donors (Lipinski definition) is 2. The summed E-state index contributed by atoms with van der Waals surface area (Å²) in [6, 6.07) is 8.36. The van der Waals surface area contributed by atoms with Crippen LogP contribution in [0, 0.1) is 0 Å². The molecule has 0 saturated carbocycles. The molecule has 1 unspecified atom stereocenters. The van der Waals surface area contributed by atoms with E-state index in [1.165, 1.54) is 12.0 Å². The van der Waals surface area contributed by atoms with Gasteiger partial charge in [-0.05, 0) is 31.4 Å². The first-order chi connectivity index (χ1) is 6.95. The van der Waals surface area contributed by atoms with Gasteiger partial charge in [0.05, 0.1) is 0 Å². The molecular formula is C13H22N2. The topological polar surface area (TPSA) is 52.0 Å². The first-order valence-corrected chi connectivity index (χ1v) is 5.58. The molecular weight excluding hydrogens is 184 g/mol. The molecule has 2 nitrogen and oxygen atoms in total. The van der Waals surface area contributed by atoms with Crippen LogP contribution in [-0.4, -0.2) is 5.54 Å². The second kappa shape index (κ2) is 4.77. The van der Waals surface area contributed by atoms with Gasteiger partial charge in [0.2, 0.25) is 0 Å². The average molecular weight is 206 g/mol. The predicted octanol–water partition coefficient (Wildman–Crippen LogP) is 2.38. The van der Waals surface area contributed by atoms with Crippen LogP contribution in [0.15, 0.2) is 24.3 Å². The van der Waals surface area contributed by atoms with Crippen molar-refractivity contribution in [2.75, 3.05) is 0 Å². The molecule has 0 spiro atoms. The maximum Gasteiger partial charge on any atom is 0.0472 e. The maximum atomic E-state index is 6.07. The van der Waals surface area contributed by atoms with Crippen molar-refractivity contribution in [2.24, 2.45) is 11.5 Å². The lowest BCUT2D eigenvalue weighted by Gasteiger charge is -2.27. The van der Waals surface area contributed by atoms with Crippen molar-refractivity contribution >= 4 is 0 Å². The molecule has 0 fully saturated rings. The zero-order valence-corrected chi connectivity index (χ0v) is 9.96. The van der Waals surface area contributed by atoms with Crippen LogP contribution in [0.25, 0.3) is 0 Å². The minimum absolute atomic E-state index is 0.104. The highest BCUT2D eigenvalue weighted by atomic mass is 14.8. The van der Waals surface area contributed by atoms with Gasteiger partial charge in [0, 0.05) is 11.6 Å². The Kier molecular flexibility index (Phi) is 3.89. The summed E-state index contributed by atoms with van der Waals surface area (Å²) in [5.41, 5.74) is 14.2. The normalized spacial score (nSPS) is 13.9. The van der Waals surface area contributed by atoms with E-state index in [2.05, 4.69) is 31.2 Å². The fourth-order valence-corrected chi connectivity index (χ4v) is 1.61. The first kappa shape index (κ1) is 12.2. The molecule has 1 aromatic rings. The summed E-state index contributed by atoms with van der Waals surface area (Å²) >= 11 is 0. The largest absolute Gasteiger partial charge is 0.324 e. The quantitative estimate of drug-likeness (QED) is 0.794. The molecule has 0 saturated heterocycles. The fraction of sp³-hybridized carbons (Fsp3) is 0.538. The lowest BCUT2D eigenvalue weighted by Crippen LogP contribution is -2.43. The number of nitrogens with two attached hydrogens (primary N) is 2. The van der Waals surface area contributed by atoms with E-state index in [9.17, 15) is 0 Å². The maximum absolute atomic E-state index is 6.07. The molecule has 0 aliphatic heterocycles. The molecule has 0 heterocycles. The molecule has 0 aliphatic rings. The second-order valence-electron chi connectivity index (χ2n) is 4.79. The van der Waals surface area contributed by atoms with Crippen LogP contribution in [0.3, 0.4) is 0 Å². The van der Waals surface area contributed by atoms with Crippen molar-refractivity contribution in [1.82, 2.24) is 0 Å². The van der Waals surface area contributed by atoms with E-state index in [1.807, 2.05) is 13.8 Å². The van der Waals surface area contributed by atoms with Crippen molar-refractivity contribution in [2.45, 2.75) is 45.2 Å². The van der Waals surface area contributed by atoms with Gasteiger partial charge in [-0.3, -0.25) is 0 Å². The standard InChI is InChI=1S/C13H22N2/c1-4-5-10-6-8-11(9-7-10)12(14)13(2,3)15/h6-9,12H,4-5,14-15H2,1-3H3. The van der Waals surface area contributed by atoms with Crippen LogP contribution in [0.4, 0.5) is 0 Å². The Morgan fingerprint density at radius 3 is 2.13 bits per heavy atom. The van der Waals surface area contributed by atoms with Crippen molar-refractivity contribution in [3.05, 3.63) is 35.4 Å². The van der Waals surface area contributed by atoms with E-state index in [1.54, 1.807) is 0 Å². The Bertz CT molecular complexity index is 295. The molecule has 0 aliphatic carbocycles. The van der Waals surface area contributed by atoms with E-state index in [-0.39, 0.29) is 11.6 Å². The summed E-state index contributed by atoms with van der Waals surface area (Å²) in [7, 11) is 0. The molecule has 0 radical (unpaired) electrons. The van der Waals surface area contributed by atoms with Gasteiger partial charge in [-0.2, -0.15) is 0 Å². The summed E-state index contributed by atoms with van der Waals surface area (Å²) in [5.74, 6) is 0. The molecule has 0 amide bonds. The zero-order chi connectivity index (χ0) is 11.5. The van der Waals surface area contributed by atoms with Gasteiger partial charge < -0.3 is 11.5 Å². The molecule has 4 N–H and O–H groups in total. The van der Waals surface area contributed by atoms with E-state index < -0.39 is 0 Å². The fourth-order valence-electron chi connectivity index (χ4n) is 1.61. The smallest absolute Gasteiger partial charge is 0.0472 e. The average Bonchev–Trinajstić information content (AvgIpc) is 2.17. The van der Waals surface area contributed by atoms with E-state index in [0.29, 0.717) is 0 Å². The second-order valence-corrected chi connectivity index (χ2v) is 4.79. The highest BCUT2D eigenvalue weighted by Gasteiger charge is 2.22. The Balaban J connectivity index is 2.80.